The first-order valence-corrected chi connectivity index (χ1v) is 7.34. The van der Waals surface area contributed by atoms with Gasteiger partial charge in [0.15, 0.2) is 0 Å². The number of carbonyl (C=O) groups excluding carboxylic acids is 1. The predicted octanol–water partition coefficient (Wildman–Crippen LogP) is 4.75. The Morgan fingerprint density at radius 3 is 2.10 bits per heavy atom. The van der Waals surface area contributed by atoms with E-state index in [1.54, 1.807) is 6.92 Å². The van der Waals surface area contributed by atoms with Gasteiger partial charge in [0.25, 0.3) is 0 Å². The van der Waals surface area contributed by atoms with Gasteiger partial charge in [-0.15, -0.1) is 0 Å². The number of hydrogen-bond donors (Lipinski definition) is 0. The van der Waals surface area contributed by atoms with Gasteiger partial charge >= 0.3 is 0 Å². The van der Waals surface area contributed by atoms with Crippen molar-refractivity contribution in [1.82, 2.24) is 0 Å². The lowest BCUT2D eigenvalue weighted by Crippen LogP contribution is -2.00. The van der Waals surface area contributed by atoms with Crippen molar-refractivity contribution >= 4 is 5.78 Å². The zero-order chi connectivity index (χ0) is 14.4. The van der Waals surface area contributed by atoms with Crippen LogP contribution < -0.4 is 0 Å². The van der Waals surface area contributed by atoms with Gasteiger partial charge in [0, 0.05) is 12.3 Å². The monoisotopic (exact) mass is 266 g/mol. The van der Waals surface area contributed by atoms with Gasteiger partial charge in [-0.3, -0.25) is 0 Å². The molecule has 0 saturated heterocycles. The molecule has 0 bridgehead atoms. The average molecular weight is 266 g/mol. The van der Waals surface area contributed by atoms with Gasteiger partial charge in [0.2, 0.25) is 0 Å². The van der Waals surface area contributed by atoms with Crippen molar-refractivity contribution in [3.63, 3.8) is 0 Å². The Morgan fingerprint density at radius 2 is 1.55 bits per heavy atom. The molecule has 1 heteroatoms. The maximum atomic E-state index is 11.0. The quantitative estimate of drug-likeness (QED) is 0.737. The van der Waals surface area contributed by atoms with E-state index in [1.165, 1.54) is 16.7 Å². The molecule has 0 N–H and O–H groups in total. The Bertz CT molecular complexity index is 540. The van der Waals surface area contributed by atoms with E-state index in [2.05, 4.69) is 61.5 Å². The van der Waals surface area contributed by atoms with Gasteiger partial charge < -0.3 is 4.79 Å². The summed E-state index contributed by atoms with van der Waals surface area (Å²) in [6.45, 7) is 3.87. The van der Waals surface area contributed by atoms with Crippen LogP contribution in [0.15, 0.2) is 54.6 Å². The summed E-state index contributed by atoms with van der Waals surface area (Å²) in [5, 5.41) is 0. The minimum absolute atomic E-state index is 0.254. The average Bonchev–Trinajstić information content (AvgIpc) is 2.48. The molecule has 0 aromatic heterocycles. The minimum atomic E-state index is 0.254. The third-order valence-electron chi connectivity index (χ3n) is 3.76. The fourth-order valence-corrected chi connectivity index (χ4v) is 2.59. The molecule has 20 heavy (non-hydrogen) atoms. The van der Waals surface area contributed by atoms with Crippen molar-refractivity contribution in [2.45, 2.75) is 39.0 Å². The van der Waals surface area contributed by atoms with Gasteiger partial charge in [-0.2, -0.15) is 0 Å². The lowest BCUT2D eigenvalue weighted by molar-refractivity contribution is -0.116. The molecule has 0 spiro atoms. The second kappa shape index (κ2) is 7.04. The van der Waals surface area contributed by atoms with Crippen molar-refractivity contribution in [3.8, 4) is 0 Å². The highest BCUT2D eigenvalue weighted by molar-refractivity contribution is 5.75. The molecule has 1 unspecified atom stereocenters. The number of ketones is 1. The van der Waals surface area contributed by atoms with Gasteiger partial charge in [-0.1, -0.05) is 61.5 Å². The molecule has 0 radical (unpaired) electrons. The number of hydrogen-bond acceptors (Lipinski definition) is 1. The largest absolute Gasteiger partial charge is 0.300 e. The third-order valence-corrected chi connectivity index (χ3v) is 3.76. The molecule has 0 saturated carbocycles. The Labute approximate surface area is 121 Å². The third kappa shape index (κ3) is 3.80. The normalized spacial score (nSPS) is 12.1. The van der Waals surface area contributed by atoms with E-state index in [1.807, 2.05) is 0 Å². The predicted molar refractivity (Wildman–Crippen MR) is 84.0 cm³/mol. The van der Waals surface area contributed by atoms with E-state index in [4.69, 9.17) is 0 Å². The smallest absolute Gasteiger partial charge is 0.130 e. The SMILES string of the molecule is CCC(c1ccccc1)c1ccc(CCC(C)=O)cc1. The van der Waals surface area contributed by atoms with Gasteiger partial charge in [-0.05, 0) is 36.5 Å². The number of carbonyl (C=O) groups is 1. The van der Waals surface area contributed by atoms with Crippen LogP contribution in [0.5, 0.6) is 0 Å². The fourth-order valence-electron chi connectivity index (χ4n) is 2.59. The molecule has 0 aliphatic heterocycles. The summed E-state index contributed by atoms with van der Waals surface area (Å²) in [7, 11) is 0. The molecule has 1 nitrogen and oxygen atoms in total. The highest BCUT2D eigenvalue weighted by Crippen LogP contribution is 2.27. The highest BCUT2D eigenvalue weighted by atomic mass is 16.1. The molecule has 0 aliphatic carbocycles. The zero-order valence-electron chi connectivity index (χ0n) is 12.3. The zero-order valence-corrected chi connectivity index (χ0v) is 12.3. The second-order valence-electron chi connectivity index (χ2n) is 5.32. The molecule has 0 aliphatic rings. The minimum Gasteiger partial charge on any atom is -0.300 e. The van der Waals surface area contributed by atoms with Crippen molar-refractivity contribution < 1.29 is 4.79 Å². The molecule has 0 fully saturated rings. The van der Waals surface area contributed by atoms with Crippen molar-refractivity contribution in [2.24, 2.45) is 0 Å². The van der Waals surface area contributed by atoms with Crippen LogP contribution >= 0.6 is 0 Å². The van der Waals surface area contributed by atoms with E-state index in [0.717, 1.165) is 12.8 Å². The van der Waals surface area contributed by atoms with E-state index in [-0.39, 0.29) is 5.78 Å². The van der Waals surface area contributed by atoms with Gasteiger partial charge in [0.05, 0.1) is 0 Å². The Balaban J connectivity index is 2.13. The summed E-state index contributed by atoms with van der Waals surface area (Å²) in [6, 6.07) is 19.4. The van der Waals surface area contributed by atoms with E-state index < -0.39 is 0 Å². The Kier molecular flexibility index (Phi) is 5.11. The fraction of sp³-hybridized carbons (Fsp3) is 0.316. The van der Waals surface area contributed by atoms with Crippen LogP contribution in [0.1, 0.15) is 49.3 Å². The molecular weight excluding hydrogens is 244 g/mol. The molecule has 0 heterocycles. The van der Waals surface area contributed by atoms with E-state index in [0.29, 0.717) is 12.3 Å². The summed E-state index contributed by atoms with van der Waals surface area (Å²) in [5.74, 6) is 0.711. The molecule has 2 aromatic carbocycles. The maximum absolute atomic E-state index is 11.0. The molecule has 0 amide bonds. The van der Waals surface area contributed by atoms with Crippen LogP contribution in [0.25, 0.3) is 0 Å². The number of aryl methyl sites for hydroxylation is 1. The van der Waals surface area contributed by atoms with E-state index in [9.17, 15) is 4.79 Å². The second-order valence-corrected chi connectivity index (χ2v) is 5.32. The first-order chi connectivity index (χ1) is 9.70. The van der Waals surface area contributed by atoms with E-state index >= 15 is 0 Å². The lowest BCUT2D eigenvalue weighted by Gasteiger charge is -2.16. The van der Waals surface area contributed by atoms with Crippen molar-refractivity contribution in [3.05, 3.63) is 71.3 Å². The summed E-state index contributed by atoms with van der Waals surface area (Å²) in [6.07, 6.45) is 2.57. The summed E-state index contributed by atoms with van der Waals surface area (Å²) in [5.41, 5.74) is 3.96. The molecule has 2 aromatic rings. The molecule has 2 rings (SSSR count). The first-order valence-electron chi connectivity index (χ1n) is 7.34. The van der Waals surface area contributed by atoms with Crippen LogP contribution in [0.2, 0.25) is 0 Å². The summed E-state index contributed by atoms with van der Waals surface area (Å²) >= 11 is 0. The van der Waals surface area contributed by atoms with Crippen LogP contribution in [0.3, 0.4) is 0 Å². The Hall–Kier alpha value is -1.89. The Morgan fingerprint density at radius 1 is 0.950 bits per heavy atom. The van der Waals surface area contributed by atoms with Crippen molar-refractivity contribution in [1.29, 1.82) is 0 Å². The lowest BCUT2D eigenvalue weighted by atomic mass is 9.88. The molecular formula is C19H22O. The van der Waals surface area contributed by atoms with Gasteiger partial charge in [0.1, 0.15) is 5.78 Å². The topological polar surface area (TPSA) is 17.1 Å². The van der Waals surface area contributed by atoms with Crippen molar-refractivity contribution in [2.75, 3.05) is 0 Å². The molecule has 104 valence electrons. The van der Waals surface area contributed by atoms with Crippen LogP contribution in [-0.2, 0) is 11.2 Å². The maximum Gasteiger partial charge on any atom is 0.130 e. The van der Waals surface area contributed by atoms with Crippen LogP contribution in [-0.4, -0.2) is 5.78 Å². The number of benzene rings is 2. The highest BCUT2D eigenvalue weighted by Gasteiger charge is 2.11. The summed E-state index contributed by atoms with van der Waals surface area (Å²) < 4.78 is 0. The van der Waals surface area contributed by atoms with Gasteiger partial charge in [-0.25, -0.2) is 0 Å². The number of Topliss-reactive ketones (excluding diaryl/α,β-unsaturated/α-hetero) is 1. The summed E-state index contributed by atoms with van der Waals surface area (Å²) in [4.78, 5) is 11.0. The molecule has 1 atom stereocenters. The van der Waals surface area contributed by atoms with Crippen LogP contribution in [0, 0.1) is 0 Å². The number of rotatable bonds is 6. The first kappa shape index (κ1) is 14.5. The van der Waals surface area contributed by atoms with Crippen LogP contribution in [0.4, 0.5) is 0 Å². The standard InChI is InChI=1S/C19H22O/c1-3-19(17-7-5-4-6-8-17)18-13-11-16(12-14-18)10-9-15(2)20/h4-8,11-14,19H,3,9-10H2,1-2H3.